The van der Waals surface area contributed by atoms with E-state index >= 15 is 0 Å². The summed E-state index contributed by atoms with van der Waals surface area (Å²) < 4.78 is 23.2. The smallest absolute Gasteiger partial charge is 0.207 e. The summed E-state index contributed by atoms with van der Waals surface area (Å²) in [5.74, 6) is 2.58. The first-order valence-electron chi connectivity index (χ1n) is 25.5. The topological polar surface area (TPSA) is 36.9 Å². The van der Waals surface area contributed by atoms with Crippen LogP contribution in [-0.2, 0) is 6.42 Å². The van der Waals surface area contributed by atoms with Gasteiger partial charge in [0, 0.05) is 11.1 Å². The Labute approximate surface area is 407 Å². The van der Waals surface area contributed by atoms with E-state index in [0.29, 0.717) is 23.9 Å². The second-order valence-electron chi connectivity index (χ2n) is 19.3. The van der Waals surface area contributed by atoms with Crippen LogP contribution >= 0.6 is 0 Å². The van der Waals surface area contributed by atoms with Crippen molar-refractivity contribution >= 4 is 0 Å². The Bertz CT molecular complexity index is 1890. The van der Waals surface area contributed by atoms with Gasteiger partial charge in [0.15, 0.2) is 11.5 Å². The zero-order chi connectivity index (χ0) is 49.3. The van der Waals surface area contributed by atoms with E-state index in [1.165, 1.54) is 87.8 Å². The van der Waals surface area contributed by atoms with Crippen molar-refractivity contribution in [2.45, 2.75) is 212 Å². The van der Waals surface area contributed by atoms with E-state index in [9.17, 15) is 0 Å². The molecule has 0 aliphatic heterocycles. The minimum absolute atomic E-state index is 0.547. The second kappa shape index (κ2) is 35.9. The molecule has 0 radical (unpaired) electrons. The van der Waals surface area contributed by atoms with E-state index in [1.54, 1.807) is 21.3 Å². The number of hydrogen-bond donors (Lipinski definition) is 0. The van der Waals surface area contributed by atoms with Gasteiger partial charge in [-0.25, -0.2) is 0 Å². The van der Waals surface area contributed by atoms with Gasteiger partial charge in [-0.1, -0.05) is 116 Å². The third-order valence-electron chi connectivity index (χ3n) is 12.6. The third kappa shape index (κ3) is 26.8. The molecule has 1 rings (SSSR count). The molecule has 0 unspecified atom stereocenters. The van der Waals surface area contributed by atoms with Crippen LogP contribution in [0.2, 0.25) is 0 Å². The maximum atomic E-state index is 5.98. The fourth-order valence-corrected chi connectivity index (χ4v) is 8.12. The monoisotopic (exact) mass is 907 g/mol. The molecule has 4 nitrogen and oxygen atoms in total. The van der Waals surface area contributed by atoms with Crippen molar-refractivity contribution in [2.75, 3.05) is 27.9 Å². The lowest BCUT2D eigenvalue weighted by atomic mass is 9.99. The third-order valence-corrected chi connectivity index (χ3v) is 12.6. The number of ether oxygens (including phenoxy) is 4. The van der Waals surface area contributed by atoms with Crippen LogP contribution in [0.5, 0.6) is 23.0 Å². The molecule has 0 atom stereocenters. The van der Waals surface area contributed by atoms with Crippen LogP contribution < -0.4 is 18.9 Å². The van der Waals surface area contributed by atoms with Gasteiger partial charge in [-0.2, -0.15) is 0 Å². The normalized spacial score (nSPS) is 14.0. The van der Waals surface area contributed by atoms with Gasteiger partial charge in [-0.05, 0) is 212 Å². The Morgan fingerprint density at radius 1 is 0.333 bits per heavy atom. The van der Waals surface area contributed by atoms with Crippen LogP contribution in [0, 0.1) is 6.92 Å². The highest BCUT2D eigenvalue weighted by Gasteiger charge is 2.25. The van der Waals surface area contributed by atoms with Gasteiger partial charge < -0.3 is 18.9 Å². The number of methoxy groups -OCH3 is 3. The fourth-order valence-electron chi connectivity index (χ4n) is 8.12. The summed E-state index contributed by atoms with van der Waals surface area (Å²) in [5, 5.41) is 0. The van der Waals surface area contributed by atoms with Gasteiger partial charge in [0.1, 0.15) is 0 Å². The average Bonchev–Trinajstić information content (AvgIpc) is 3.26. The molecule has 0 amide bonds. The lowest BCUT2D eigenvalue weighted by molar-refractivity contribution is 0.284. The van der Waals surface area contributed by atoms with Gasteiger partial charge in [-0.15, -0.1) is 0 Å². The number of benzene rings is 1. The first-order valence-corrected chi connectivity index (χ1v) is 25.5. The number of allylic oxidation sites excluding steroid dienone is 20. The molecule has 0 spiro atoms. The molecule has 0 aromatic heterocycles. The molecule has 0 N–H and O–H groups in total. The van der Waals surface area contributed by atoms with E-state index in [-0.39, 0.29) is 0 Å². The zero-order valence-electron chi connectivity index (χ0n) is 45.5. The van der Waals surface area contributed by atoms with Crippen molar-refractivity contribution in [1.29, 1.82) is 0 Å². The van der Waals surface area contributed by atoms with Crippen LogP contribution in [0.3, 0.4) is 0 Å². The fraction of sp³-hybridized carbons (Fsp3) is 0.581. The highest BCUT2D eigenvalue weighted by Crippen LogP contribution is 2.49. The van der Waals surface area contributed by atoms with Gasteiger partial charge >= 0.3 is 0 Å². The molecule has 0 saturated carbocycles. The largest absolute Gasteiger partial charge is 0.492 e. The summed E-state index contributed by atoms with van der Waals surface area (Å²) in [5.41, 5.74) is 17.0. The van der Waals surface area contributed by atoms with Gasteiger partial charge in [0.05, 0.1) is 27.9 Å². The molecule has 0 fully saturated rings. The summed E-state index contributed by atoms with van der Waals surface area (Å²) in [4.78, 5) is 0. The number of rotatable bonds is 34. The van der Waals surface area contributed by atoms with Crippen molar-refractivity contribution in [3.05, 3.63) is 128 Å². The Morgan fingerprint density at radius 2 is 0.576 bits per heavy atom. The van der Waals surface area contributed by atoms with Crippen molar-refractivity contribution in [3.8, 4) is 23.0 Å². The summed E-state index contributed by atoms with van der Waals surface area (Å²) in [6.45, 7) is 29.5. The molecule has 4 heteroatoms. The molecule has 370 valence electrons. The van der Waals surface area contributed by atoms with Crippen molar-refractivity contribution < 1.29 is 18.9 Å². The van der Waals surface area contributed by atoms with Crippen LogP contribution in [0.25, 0.3) is 0 Å². The van der Waals surface area contributed by atoms with E-state index < -0.39 is 0 Å². The van der Waals surface area contributed by atoms with Gasteiger partial charge in [0.2, 0.25) is 11.5 Å². The average molecular weight is 907 g/mol. The minimum Gasteiger partial charge on any atom is -0.492 e. The predicted octanol–water partition coefficient (Wildman–Crippen LogP) is 19.5. The molecule has 1 aromatic rings. The molecular weight excluding hydrogens is 809 g/mol. The van der Waals surface area contributed by atoms with E-state index in [2.05, 4.69) is 144 Å². The first kappa shape index (κ1) is 59.8. The van der Waals surface area contributed by atoms with E-state index in [1.807, 2.05) is 6.92 Å². The Balaban J connectivity index is 2.38. The van der Waals surface area contributed by atoms with Crippen LogP contribution in [0.15, 0.2) is 116 Å². The quantitative estimate of drug-likeness (QED) is 0.0646. The maximum Gasteiger partial charge on any atom is 0.207 e. The highest BCUT2D eigenvalue weighted by atomic mass is 16.5. The van der Waals surface area contributed by atoms with E-state index in [4.69, 9.17) is 18.9 Å². The van der Waals surface area contributed by atoms with Crippen molar-refractivity contribution in [3.63, 3.8) is 0 Å². The van der Waals surface area contributed by atoms with Crippen molar-refractivity contribution in [2.24, 2.45) is 0 Å². The molecule has 0 heterocycles. The van der Waals surface area contributed by atoms with Crippen LogP contribution in [0.1, 0.15) is 210 Å². The number of hydrogen-bond acceptors (Lipinski definition) is 4. The summed E-state index contributed by atoms with van der Waals surface area (Å²) in [6.07, 6.45) is 45.5. The van der Waals surface area contributed by atoms with Crippen LogP contribution in [-0.4, -0.2) is 27.9 Å². The van der Waals surface area contributed by atoms with Crippen molar-refractivity contribution in [1.82, 2.24) is 0 Å². The summed E-state index contributed by atoms with van der Waals surface area (Å²) >= 11 is 0. The lowest BCUT2D eigenvalue weighted by Gasteiger charge is -2.21. The maximum absolute atomic E-state index is 5.98. The van der Waals surface area contributed by atoms with E-state index in [0.717, 1.165) is 107 Å². The Morgan fingerprint density at radius 3 is 0.818 bits per heavy atom. The SMILES string of the molecule is CCOc1c(C)c(C/C=C(\C)CC/C=C(\C)CC/C=C(\C)CC/C=C(\C)CC/C=C(\C)CC/C=C(\C)CC/C=C(\C)CC/C=C(\C)CC/C=C(\C)CCC=C(C)C)c(OC)c(OC)c1OC. The van der Waals surface area contributed by atoms with Gasteiger partial charge in [-0.3, -0.25) is 0 Å². The first-order chi connectivity index (χ1) is 31.6. The highest BCUT2D eigenvalue weighted by molar-refractivity contribution is 5.67. The summed E-state index contributed by atoms with van der Waals surface area (Å²) in [6, 6.07) is 0. The minimum atomic E-state index is 0.547. The molecule has 0 aliphatic carbocycles. The predicted molar refractivity (Wildman–Crippen MR) is 292 cm³/mol. The zero-order valence-corrected chi connectivity index (χ0v) is 45.5. The molecule has 1 aromatic carbocycles. The molecule has 0 saturated heterocycles. The molecule has 66 heavy (non-hydrogen) atoms. The molecule has 0 bridgehead atoms. The van der Waals surface area contributed by atoms with Crippen LogP contribution in [0.4, 0.5) is 0 Å². The van der Waals surface area contributed by atoms with Gasteiger partial charge in [0.25, 0.3) is 0 Å². The standard InChI is InChI=1S/C62H98O4/c1-17-66-59-57(13)58(60(63-14)62(65-16)61(59)64-15)46-45-56(12)44-26-43-55(11)42-25-41-54(10)40-24-39-53(9)38-23-37-52(8)36-22-35-51(7)34-21-33-50(6)32-20-31-49(5)30-19-29-48(4)28-18-27-47(2)3/h27,29,31,33,35,37,39,41,43,45H,17-26,28,30,32,34,36,38,40,42,44,46H2,1-16H3/b48-29+,49-31+,50-33+,51-35+,52-37+,53-39+,54-41+,55-43+,56-45+. The lowest BCUT2D eigenvalue weighted by Crippen LogP contribution is -2.06. The molecule has 0 aliphatic rings. The molecular formula is C62H98O4. The Hall–Kier alpha value is -4.18. The second-order valence-corrected chi connectivity index (χ2v) is 19.3. The Kier molecular flexibility index (Phi) is 32.6. The summed E-state index contributed by atoms with van der Waals surface area (Å²) in [7, 11) is 4.96.